The summed E-state index contributed by atoms with van der Waals surface area (Å²) in [7, 11) is 0. The van der Waals surface area contributed by atoms with E-state index < -0.39 is 6.09 Å². The van der Waals surface area contributed by atoms with Crippen LogP contribution in [0, 0.1) is 6.92 Å². The number of nitrogen functional groups attached to an aromatic ring is 1. The number of ether oxygens (including phenoxy) is 1. The van der Waals surface area contributed by atoms with Crippen molar-refractivity contribution in [3.05, 3.63) is 51.0 Å². The summed E-state index contributed by atoms with van der Waals surface area (Å²) >= 11 is 17.6. The van der Waals surface area contributed by atoms with Crippen molar-refractivity contribution < 1.29 is 9.53 Å². The molecule has 0 atom stereocenters. The Morgan fingerprint density at radius 3 is 2.52 bits per heavy atom. The van der Waals surface area contributed by atoms with E-state index in [0.717, 1.165) is 5.56 Å². The number of nitrogens with two attached hydrogens (primary N) is 1. The Balaban J connectivity index is 2.13. The van der Waals surface area contributed by atoms with Crippen LogP contribution in [0.5, 0.6) is 5.75 Å². The van der Waals surface area contributed by atoms with Gasteiger partial charge in [-0.05, 0) is 36.8 Å². The Bertz CT molecular complexity index is 705. The van der Waals surface area contributed by atoms with E-state index in [2.05, 4.69) is 5.32 Å². The molecule has 3 N–H and O–H groups in total. The first-order chi connectivity index (χ1) is 9.86. The van der Waals surface area contributed by atoms with Crippen LogP contribution in [0.1, 0.15) is 5.56 Å². The standard InChI is InChI=1S/C14H11Cl3N2O2/c1-7-4-8(15)2-3-12(7)19-14(20)21-13-6-11(18)9(16)5-10(13)17/h2-6H,18H2,1H3,(H,19,20). The average Bonchev–Trinajstić information content (AvgIpc) is 2.39. The Labute approximate surface area is 136 Å². The number of carbonyl (C=O) groups is 1. The molecule has 2 aromatic carbocycles. The van der Waals surface area contributed by atoms with Gasteiger partial charge in [-0.3, -0.25) is 5.32 Å². The second-order valence-corrected chi connectivity index (χ2v) is 5.53. The summed E-state index contributed by atoms with van der Waals surface area (Å²) in [6.07, 6.45) is -0.691. The zero-order valence-electron chi connectivity index (χ0n) is 10.9. The molecule has 110 valence electrons. The van der Waals surface area contributed by atoms with Crippen LogP contribution in [0.2, 0.25) is 15.1 Å². The number of carbonyl (C=O) groups excluding carboxylic acids is 1. The van der Waals surface area contributed by atoms with Crippen LogP contribution in [-0.4, -0.2) is 6.09 Å². The summed E-state index contributed by atoms with van der Waals surface area (Å²) in [5, 5.41) is 3.66. The van der Waals surface area contributed by atoms with E-state index in [9.17, 15) is 4.79 Å². The lowest BCUT2D eigenvalue weighted by Crippen LogP contribution is -2.17. The van der Waals surface area contributed by atoms with Crippen molar-refractivity contribution in [3.8, 4) is 5.75 Å². The molecule has 2 aromatic rings. The third kappa shape index (κ3) is 3.94. The van der Waals surface area contributed by atoms with Crippen LogP contribution in [0.15, 0.2) is 30.3 Å². The highest BCUT2D eigenvalue weighted by Crippen LogP contribution is 2.32. The lowest BCUT2D eigenvalue weighted by molar-refractivity contribution is 0.215. The molecular formula is C14H11Cl3N2O2. The smallest absolute Gasteiger partial charge is 0.408 e. The molecule has 0 aromatic heterocycles. The first-order valence-electron chi connectivity index (χ1n) is 5.86. The van der Waals surface area contributed by atoms with Gasteiger partial charge in [-0.25, -0.2) is 4.79 Å². The van der Waals surface area contributed by atoms with Crippen LogP contribution in [0.3, 0.4) is 0 Å². The zero-order chi connectivity index (χ0) is 15.6. The Morgan fingerprint density at radius 2 is 1.86 bits per heavy atom. The number of hydrogen-bond acceptors (Lipinski definition) is 3. The quantitative estimate of drug-likeness (QED) is 0.740. The highest BCUT2D eigenvalue weighted by molar-refractivity contribution is 6.37. The summed E-state index contributed by atoms with van der Waals surface area (Å²) in [6.45, 7) is 1.81. The van der Waals surface area contributed by atoms with Gasteiger partial charge >= 0.3 is 6.09 Å². The highest BCUT2D eigenvalue weighted by atomic mass is 35.5. The lowest BCUT2D eigenvalue weighted by atomic mass is 10.2. The summed E-state index contributed by atoms with van der Waals surface area (Å²) in [5.74, 6) is 0.127. The maximum atomic E-state index is 11.9. The molecule has 4 nitrogen and oxygen atoms in total. The van der Waals surface area contributed by atoms with Gasteiger partial charge in [-0.15, -0.1) is 0 Å². The van der Waals surface area contributed by atoms with Gasteiger partial charge in [0.05, 0.1) is 15.7 Å². The normalized spacial score (nSPS) is 10.3. The van der Waals surface area contributed by atoms with Crippen molar-refractivity contribution in [1.29, 1.82) is 0 Å². The van der Waals surface area contributed by atoms with E-state index in [0.29, 0.717) is 15.7 Å². The fourth-order valence-corrected chi connectivity index (χ4v) is 2.27. The fourth-order valence-electron chi connectivity index (χ4n) is 1.63. The van der Waals surface area contributed by atoms with Crippen LogP contribution < -0.4 is 15.8 Å². The Morgan fingerprint density at radius 1 is 1.14 bits per heavy atom. The molecule has 0 saturated heterocycles. The molecule has 0 unspecified atom stereocenters. The number of amides is 1. The van der Waals surface area contributed by atoms with Gasteiger partial charge < -0.3 is 10.5 Å². The van der Waals surface area contributed by atoms with Crippen LogP contribution in [-0.2, 0) is 0 Å². The first kappa shape index (κ1) is 15.8. The predicted octanol–water partition coefficient (Wildman–Crippen LogP) is 5.15. The van der Waals surface area contributed by atoms with Crippen LogP contribution in [0.4, 0.5) is 16.2 Å². The SMILES string of the molecule is Cc1cc(Cl)ccc1NC(=O)Oc1cc(N)c(Cl)cc1Cl. The first-order valence-corrected chi connectivity index (χ1v) is 6.99. The van der Waals surface area contributed by atoms with E-state index in [4.69, 9.17) is 45.3 Å². The van der Waals surface area contributed by atoms with Gasteiger partial charge in [-0.2, -0.15) is 0 Å². The molecule has 0 aliphatic heterocycles. The van der Waals surface area contributed by atoms with Gasteiger partial charge in [0.25, 0.3) is 0 Å². The predicted molar refractivity (Wildman–Crippen MR) is 86.7 cm³/mol. The van der Waals surface area contributed by atoms with Gasteiger partial charge in [0, 0.05) is 16.8 Å². The maximum Gasteiger partial charge on any atom is 0.417 e. The van der Waals surface area contributed by atoms with Crippen LogP contribution >= 0.6 is 34.8 Å². The molecule has 7 heteroatoms. The fraction of sp³-hybridized carbons (Fsp3) is 0.0714. The molecule has 0 aliphatic rings. The third-order valence-electron chi connectivity index (χ3n) is 2.68. The topological polar surface area (TPSA) is 64.3 Å². The van der Waals surface area contributed by atoms with Crippen molar-refractivity contribution >= 4 is 52.3 Å². The van der Waals surface area contributed by atoms with Gasteiger partial charge in [-0.1, -0.05) is 34.8 Å². The zero-order valence-corrected chi connectivity index (χ0v) is 13.2. The van der Waals surface area contributed by atoms with Crippen molar-refractivity contribution in [2.75, 3.05) is 11.1 Å². The average molecular weight is 346 g/mol. The van der Waals surface area contributed by atoms with E-state index >= 15 is 0 Å². The minimum absolute atomic E-state index is 0.127. The molecule has 0 aliphatic carbocycles. The monoisotopic (exact) mass is 344 g/mol. The van der Waals surface area contributed by atoms with E-state index in [1.165, 1.54) is 12.1 Å². The highest BCUT2D eigenvalue weighted by Gasteiger charge is 2.12. The summed E-state index contributed by atoms with van der Waals surface area (Å²) in [5.41, 5.74) is 7.30. The number of anilines is 2. The summed E-state index contributed by atoms with van der Waals surface area (Å²) in [6, 6.07) is 7.87. The second kappa shape index (κ2) is 6.43. The second-order valence-electron chi connectivity index (χ2n) is 4.28. The number of aryl methyl sites for hydroxylation is 1. The molecule has 2 rings (SSSR count). The van der Waals surface area contributed by atoms with Gasteiger partial charge in [0.1, 0.15) is 0 Å². The number of hydrogen-bond donors (Lipinski definition) is 2. The Hall–Kier alpha value is -1.62. The molecule has 1 amide bonds. The molecule has 0 saturated carbocycles. The minimum atomic E-state index is -0.691. The molecule has 0 heterocycles. The number of nitrogens with one attached hydrogen (secondary N) is 1. The van der Waals surface area contributed by atoms with Crippen molar-refractivity contribution in [1.82, 2.24) is 0 Å². The third-order valence-corrected chi connectivity index (χ3v) is 3.54. The van der Waals surface area contributed by atoms with E-state index in [1.807, 2.05) is 6.92 Å². The molecule has 0 radical (unpaired) electrons. The number of halogens is 3. The molecular weight excluding hydrogens is 335 g/mol. The number of benzene rings is 2. The van der Waals surface area contributed by atoms with Gasteiger partial charge in [0.15, 0.2) is 5.75 Å². The van der Waals surface area contributed by atoms with Crippen LogP contribution in [0.25, 0.3) is 0 Å². The maximum absolute atomic E-state index is 11.9. The Kier molecular flexibility index (Phi) is 4.83. The summed E-state index contributed by atoms with van der Waals surface area (Å²) < 4.78 is 5.12. The molecule has 0 fully saturated rings. The van der Waals surface area contributed by atoms with E-state index in [-0.39, 0.29) is 16.5 Å². The van der Waals surface area contributed by atoms with Crippen molar-refractivity contribution in [2.45, 2.75) is 6.92 Å². The minimum Gasteiger partial charge on any atom is -0.408 e. The molecule has 0 spiro atoms. The lowest BCUT2D eigenvalue weighted by Gasteiger charge is -2.11. The van der Waals surface area contributed by atoms with Crippen molar-refractivity contribution in [3.63, 3.8) is 0 Å². The largest absolute Gasteiger partial charge is 0.417 e. The molecule has 21 heavy (non-hydrogen) atoms. The van der Waals surface area contributed by atoms with Crippen molar-refractivity contribution in [2.24, 2.45) is 0 Å². The number of rotatable bonds is 2. The molecule has 0 bridgehead atoms. The summed E-state index contributed by atoms with van der Waals surface area (Å²) in [4.78, 5) is 11.9. The van der Waals surface area contributed by atoms with E-state index in [1.54, 1.807) is 18.2 Å². The van der Waals surface area contributed by atoms with Gasteiger partial charge in [0.2, 0.25) is 0 Å².